The number of rotatable bonds is 5. The zero-order valence-electron chi connectivity index (χ0n) is 17.0. The SMILES string of the molecule is O=C(Nc1nc2cccc(-c3cc4c(c(-c5ccc(P(=O)(O)O)o5)c3)OCO4)c2s1)C1CC1. The molecular formula is C22H17N2O7PS. The highest BCUT2D eigenvalue weighted by molar-refractivity contribution is 7.59. The molecule has 1 amide bonds. The van der Waals surface area contributed by atoms with Gasteiger partial charge >= 0.3 is 7.60 Å². The number of anilines is 1. The summed E-state index contributed by atoms with van der Waals surface area (Å²) in [7, 11) is -4.53. The van der Waals surface area contributed by atoms with E-state index in [2.05, 4.69) is 10.3 Å². The number of amides is 1. The van der Waals surface area contributed by atoms with E-state index < -0.39 is 13.1 Å². The van der Waals surface area contributed by atoms with Gasteiger partial charge in [0.2, 0.25) is 18.2 Å². The number of ether oxygens (including phenoxy) is 2. The van der Waals surface area contributed by atoms with Crippen molar-refractivity contribution in [1.82, 2.24) is 4.98 Å². The number of benzene rings is 2. The monoisotopic (exact) mass is 484 g/mol. The molecule has 33 heavy (non-hydrogen) atoms. The highest BCUT2D eigenvalue weighted by Gasteiger charge is 2.30. The summed E-state index contributed by atoms with van der Waals surface area (Å²) in [6.45, 7) is 0.0277. The Bertz CT molecular complexity index is 1470. The molecule has 2 aromatic carbocycles. The number of hydrogen-bond donors (Lipinski definition) is 3. The molecule has 1 aliphatic carbocycles. The number of carbonyl (C=O) groups is 1. The molecule has 9 nitrogen and oxygen atoms in total. The number of hydrogen-bond acceptors (Lipinski definition) is 7. The molecule has 4 aromatic rings. The number of carbonyl (C=O) groups excluding carboxylic acids is 1. The molecule has 0 saturated heterocycles. The van der Waals surface area contributed by atoms with Crippen LogP contribution >= 0.6 is 18.9 Å². The van der Waals surface area contributed by atoms with Crippen LogP contribution in [0, 0.1) is 5.92 Å². The topological polar surface area (TPSA) is 131 Å². The van der Waals surface area contributed by atoms with Gasteiger partial charge in [0.25, 0.3) is 0 Å². The van der Waals surface area contributed by atoms with Crippen LogP contribution in [0.2, 0.25) is 0 Å². The van der Waals surface area contributed by atoms with Gasteiger partial charge in [0, 0.05) is 11.5 Å². The fraction of sp³-hybridized carbons (Fsp3) is 0.182. The quantitative estimate of drug-likeness (QED) is 0.361. The zero-order chi connectivity index (χ0) is 22.7. The Hall–Kier alpha value is -3.17. The highest BCUT2D eigenvalue weighted by Crippen LogP contribution is 2.47. The molecule has 6 rings (SSSR count). The van der Waals surface area contributed by atoms with Gasteiger partial charge in [0.15, 0.2) is 16.6 Å². The summed E-state index contributed by atoms with van der Waals surface area (Å²) in [5.74, 6) is 1.28. The third kappa shape index (κ3) is 3.71. The van der Waals surface area contributed by atoms with E-state index in [9.17, 15) is 19.1 Å². The van der Waals surface area contributed by atoms with Crippen LogP contribution in [-0.2, 0) is 9.36 Å². The summed E-state index contributed by atoms with van der Waals surface area (Å²) >= 11 is 1.39. The molecule has 0 radical (unpaired) electrons. The first-order valence-corrected chi connectivity index (χ1v) is 12.6. The van der Waals surface area contributed by atoms with Crippen LogP contribution in [-0.4, -0.2) is 27.5 Å². The van der Waals surface area contributed by atoms with Crippen molar-refractivity contribution in [3.63, 3.8) is 0 Å². The van der Waals surface area contributed by atoms with Crippen LogP contribution < -0.4 is 20.3 Å². The maximum absolute atomic E-state index is 12.2. The normalized spacial score (nSPS) is 15.2. The van der Waals surface area contributed by atoms with E-state index in [-0.39, 0.29) is 24.4 Å². The summed E-state index contributed by atoms with van der Waals surface area (Å²) in [5.41, 5.74) is 2.51. The van der Waals surface area contributed by atoms with Crippen molar-refractivity contribution < 1.29 is 33.0 Å². The van der Waals surface area contributed by atoms with Crippen molar-refractivity contribution in [2.24, 2.45) is 5.92 Å². The molecule has 3 heterocycles. The fourth-order valence-corrected chi connectivity index (χ4v) is 5.25. The Morgan fingerprint density at radius 1 is 1.12 bits per heavy atom. The summed E-state index contributed by atoms with van der Waals surface area (Å²) in [6, 6.07) is 12.1. The molecule has 0 bridgehead atoms. The first kappa shape index (κ1) is 20.4. The summed E-state index contributed by atoms with van der Waals surface area (Å²) in [5, 5.41) is 3.45. The minimum atomic E-state index is -4.53. The summed E-state index contributed by atoms with van der Waals surface area (Å²) in [6.07, 6.45) is 1.83. The van der Waals surface area contributed by atoms with Crippen molar-refractivity contribution >= 4 is 45.7 Å². The number of nitrogens with one attached hydrogen (secondary N) is 1. The third-order valence-corrected chi connectivity index (χ3v) is 7.36. The molecule has 2 aromatic heterocycles. The molecule has 11 heteroatoms. The second kappa shape index (κ2) is 7.43. The van der Waals surface area contributed by atoms with Crippen LogP contribution in [0.3, 0.4) is 0 Å². The highest BCUT2D eigenvalue weighted by atomic mass is 32.1. The number of fused-ring (bicyclic) bond motifs is 2. The van der Waals surface area contributed by atoms with Gasteiger partial charge in [-0.2, -0.15) is 0 Å². The lowest BCUT2D eigenvalue weighted by atomic mass is 10.00. The summed E-state index contributed by atoms with van der Waals surface area (Å²) in [4.78, 5) is 35.6. The first-order valence-electron chi connectivity index (χ1n) is 10.2. The Labute approximate surface area is 191 Å². The molecule has 3 N–H and O–H groups in total. The molecule has 1 fully saturated rings. The Morgan fingerprint density at radius 3 is 2.73 bits per heavy atom. The molecule has 1 aliphatic heterocycles. The lowest BCUT2D eigenvalue weighted by molar-refractivity contribution is -0.117. The molecule has 0 atom stereocenters. The lowest BCUT2D eigenvalue weighted by Gasteiger charge is -2.09. The van der Waals surface area contributed by atoms with Crippen molar-refractivity contribution in [1.29, 1.82) is 0 Å². The predicted molar refractivity (Wildman–Crippen MR) is 122 cm³/mol. The molecule has 2 aliphatic rings. The van der Waals surface area contributed by atoms with Gasteiger partial charge in [0.05, 0.1) is 15.8 Å². The summed E-state index contributed by atoms with van der Waals surface area (Å²) < 4.78 is 29.1. The van der Waals surface area contributed by atoms with E-state index in [0.29, 0.717) is 22.2 Å². The van der Waals surface area contributed by atoms with Crippen molar-refractivity contribution in [2.45, 2.75) is 12.8 Å². The Kier molecular flexibility index (Phi) is 4.60. The van der Waals surface area contributed by atoms with E-state index in [1.54, 1.807) is 0 Å². The third-order valence-electron chi connectivity index (χ3n) is 5.52. The van der Waals surface area contributed by atoms with Gasteiger partial charge in [-0.1, -0.05) is 23.5 Å². The van der Waals surface area contributed by atoms with Gasteiger partial charge in [-0.3, -0.25) is 9.36 Å². The van der Waals surface area contributed by atoms with Crippen molar-refractivity contribution in [3.8, 4) is 33.9 Å². The van der Waals surface area contributed by atoms with Gasteiger partial charge < -0.3 is 29.0 Å². The molecule has 168 valence electrons. The average molecular weight is 484 g/mol. The van der Waals surface area contributed by atoms with Crippen LogP contribution in [0.4, 0.5) is 5.13 Å². The van der Waals surface area contributed by atoms with Gasteiger partial charge in [-0.25, -0.2) is 4.98 Å². The number of thiazole rings is 1. The van der Waals surface area contributed by atoms with E-state index in [1.165, 1.54) is 23.5 Å². The minimum Gasteiger partial charge on any atom is -0.454 e. The lowest BCUT2D eigenvalue weighted by Crippen LogP contribution is -2.12. The van der Waals surface area contributed by atoms with Gasteiger partial charge in [0.1, 0.15) is 5.76 Å². The van der Waals surface area contributed by atoms with Crippen molar-refractivity contribution in [2.75, 3.05) is 12.1 Å². The maximum atomic E-state index is 12.2. The van der Waals surface area contributed by atoms with E-state index in [1.807, 2.05) is 30.3 Å². The second-order valence-corrected chi connectivity index (χ2v) is 10.4. The van der Waals surface area contributed by atoms with Crippen molar-refractivity contribution in [3.05, 3.63) is 42.5 Å². The fourth-order valence-electron chi connectivity index (χ4n) is 3.76. The Balaban J connectivity index is 1.45. The number of aromatic nitrogens is 1. The van der Waals surface area contributed by atoms with Gasteiger partial charge in [-0.15, -0.1) is 0 Å². The minimum absolute atomic E-state index is 0.000323. The average Bonchev–Trinajstić information content (AvgIpc) is 3.16. The standard InChI is InChI=1S/C22H17N2O7PS/c25-21(11-4-5-11)24-22-23-15-3-1-2-13(20(15)33-22)12-8-14(19-17(9-12)29-10-30-19)16-6-7-18(31-16)32(26,27)28/h1-3,6-9,11H,4-5,10H2,(H,23,24,25)(H2,26,27,28). The van der Waals surface area contributed by atoms with E-state index in [4.69, 9.17) is 13.9 Å². The first-order chi connectivity index (χ1) is 15.9. The van der Waals surface area contributed by atoms with Crippen LogP contribution in [0.5, 0.6) is 11.5 Å². The van der Waals surface area contributed by atoms with Gasteiger partial charge in [-0.05, 0) is 48.7 Å². The number of furan rings is 1. The smallest absolute Gasteiger partial charge is 0.391 e. The Morgan fingerprint density at radius 2 is 1.97 bits per heavy atom. The number of nitrogens with zero attached hydrogens (tertiary/aromatic N) is 1. The molecule has 1 saturated carbocycles. The molecule has 0 unspecified atom stereocenters. The van der Waals surface area contributed by atoms with E-state index >= 15 is 0 Å². The zero-order valence-corrected chi connectivity index (χ0v) is 18.7. The van der Waals surface area contributed by atoms with Crippen LogP contribution in [0.1, 0.15) is 12.8 Å². The maximum Gasteiger partial charge on any atom is 0.391 e. The molecular weight excluding hydrogens is 467 g/mol. The largest absolute Gasteiger partial charge is 0.454 e. The van der Waals surface area contributed by atoms with Crippen LogP contribution in [0.15, 0.2) is 46.9 Å². The van der Waals surface area contributed by atoms with Crippen LogP contribution in [0.25, 0.3) is 32.7 Å². The van der Waals surface area contributed by atoms with E-state index in [0.717, 1.165) is 34.2 Å². The predicted octanol–water partition coefficient (Wildman–Crippen LogP) is 4.10. The molecule has 0 spiro atoms. The second-order valence-electron chi connectivity index (χ2n) is 7.88.